The zero-order valence-electron chi connectivity index (χ0n) is 9.38. The van der Waals surface area contributed by atoms with E-state index >= 15 is 0 Å². The number of para-hydroxylation sites is 1. The van der Waals surface area contributed by atoms with Crippen LogP contribution in [0.25, 0.3) is 16.4 Å². The fraction of sp³-hybridized carbons (Fsp3) is 0.231. The summed E-state index contributed by atoms with van der Waals surface area (Å²) in [5.74, 6) is 0.402. The minimum absolute atomic E-state index is 0.402. The maximum atomic E-state index is 4.26. The van der Waals surface area contributed by atoms with Gasteiger partial charge in [-0.15, -0.1) is 5.10 Å². The normalized spacial score (nSPS) is 11.7. The Bertz CT molecular complexity index is 652. The van der Waals surface area contributed by atoms with Crippen molar-refractivity contribution in [2.24, 2.45) is 0 Å². The van der Waals surface area contributed by atoms with Crippen molar-refractivity contribution in [2.45, 2.75) is 19.8 Å². The molecular weight excluding hydrogens is 198 g/mol. The van der Waals surface area contributed by atoms with E-state index in [4.69, 9.17) is 0 Å². The zero-order chi connectivity index (χ0) is 11.1. The Balaban J connectivity index is 2.45. The van der Waals surface area contributed by atoms with Crippen molar-refractivity contribution in [3.8, 4) is 0 Å². The lowest BCUT2D eigenvalue weighted by molar-refractivity contribution is 0.797. The number of aromatic nitrogens is 3. The molecule has 2 aromatic heterocycles. The molecule has 2 heterocycles. The lowest BCUT2D eigenvalue weighted by atomic mass is 10.1. The maximum Gasteiger partial charge on any atom is 0.0930 e. The van der Waals surface area contributed by atoms with E-state index in [0.29, 0.717) is 5.92 Å². The minimum atomic E-state index is 0.402. The van der Waals surface area contributed by atoms with Gasteiger partial charge in [-0.1, -0.05) is 43.3 Å². The van der Waals surface area contributed by atoms with Crippen molar-refractivity contribution < 1.29 is 0 Å². The molecule has 0 spiro atoms. The van der Waals surface area contributed by atoms with Gasteiger partial charge in [-0.25, -0.2) is 4.52 Å². The van der Waals surface area contributed by atoms with Crippen LogP contribution in [0.1, 0.15) is 25.5 Å². The summed E-state index contributed by atoms with van der Waals surface area (Å²) in [6, 6.07) is 12.4. The molecule has 0 saturated heterocycles. The predicted molar refractivity (Wildman–Crippen MR) is 64.6 cm³/mol. The van der Waals surface area contributed by atoms with Gasteiger partial charge in [-0.05, 0) is 18.1 Å². The summed E-state index contributed by atoms with van der Waals surface area (Å²) in [6.45, 7) is 4.28. The second-order valence-electron chi connectivity index (χ2n) is 4.32. The summed E-state index contributed by atoms with van der Waals surface area (Å²) < 4.78 is 1.92. The van der Waals surface area contributed by atoms with E-state index < -0.39 is 0 Å². The number of rotatable bonds is 1. The van der Waals surface area contributed by atoms with Gasteiger partial charge in [0.05, 0.1) is 16.7 Å². The van der Waals surface area contributed by atoms with Crippen molar-refractivity contribution >= 4 is 16.4 Å². The van der Waals surface area contributed by atoms with Crippen molar-refractivity contribution in [3.63, 3.8) is 0 Å². The van der Waals surface area contributed by atoms with Gasteiger partial charge in [0.25, 0.3) is 0 Å². The molecule has 3 heteroatoms. The molecule has 0 amide bonds. The van der Waals surface area contributed by atoms with Crippen molar-refractivity contribution in [3.05, 3.63) is 42.1 Å². The van der Waals surface area contributed by atoms with E-state index in [9.17, 15) is 0 Å². The molecule has 3 nitrogen and oxygen atoms in total. The minimum Gasteiger partial charge on any atom is -0.213 e. The number of hydrogen-bond donors (Lipinski definition) is 0. The summed E-state index contributed by atoms with van der Waals surface area (Å²) in [6.07, 6.45) is 0. The third-order valence-corrected chi connectivity index (χ3v) is 2.87. The standard InChI is InChI=1S/C13H13N3/c1-9(2)13-12-8-7-10-5-3-4-6-11(10)16(12)15-14-13/h3-9H,1-2H3. The second kappa shape index (κ2) is 3.30. The highest BCUT2D eigenvalue weighted by atomic mass is 15.4. The van der Waals surface area contributed by atoms with Crippen LogP contribution in [0.5, 0.6) is 0 Å². The monoisotopic (exact) mass is 211 g/mol. The Morgan fingerprint density at radius 3 is 2.62 bits per heavy atom. The van der Waals surface area contributed by atoms with Crippen LogP contribution in [0.3, 0.4) is 0 Å². The fourth-order valence-corrected chi connectivity index (χ4v) is 2.04. The summed E-state index contributed by atoms with van der Waals surface area (Å²) in [4.78, 5) is 0. The van der Waals surface area contributed by atoms with Gasteiger partial charge < -0.3 is 0 Å². The van der Waals surface area contributed by atoms with Gasteiger partial charge in [0, 0.05) is 5.39 Å². The summed E-state index contributed by atoms with van der Waals surface area (Å²) in [5, 5.41) is 9.68. The van der Waals surface area contributed by atoms with Crippen LogP contribution in [-0.4, -0.2) is 14.8 Å². The SMILES string of the molecule is CC(C)c1nnn2c1ccc1ccccc12. The molecule has 0 saturated carbocycles. The largest absolute Gasteiger partial charge is 0.213 e. The average molecular weight is 211 g/mol. The molecule has 0 N–H and O–H groups in total. The van der Waals surface area contributed by atoms with E-state index in [1.807, 2.05) is 16.6 Å². The molecule has 0 aliphatic heterocycles. The Hall–Kier alpha value is -1.90. The van der Waals surface area contributed by atoms with Crippen LogP contribution in [0.15, 0.2) is 36.4 Å². The first-order valence-electron chi connectivity index (χ1n) is 5.50. The first-order chi connectivity index (χ1) is 7.77. The molecule has 0 unspecified atom stereocenters. The van der Waals surface area contributed by atoms with Crippen molar-refractivity contribution in [1.29, 1.82) is 0 Å². The van der Waals surface area contributed by atoms with Crippen LogP contribution in [-0.2, 0) is 0 Å². The molecule has 0 aliphatic rings. The Morgan fingerprint density at radius 1 is 1.00 bits per heavy atom. The molecule has 0 atom stereocenters. The van der Waals surface area contributed by atoms with E-state index in [1.165, 1.54) is 5.39 Å². The number of benzene rings is 1. The average Bonchev–Trinajstić information content (AvgIpc) is 2.73. The summed E-state index contributed by atoms with van der Waals surface area (Å²) in [7, 11) is 0. The molecule has 0 fully saturated rings. The van der Waals surface area contributed by atoms with E-state index in [-0.39, 0.29) is 0 Å². The van der Waals surface area contributed by atoms with Gasteiger partial charge in [0.2, 0.25) is 0 Å². The van der Waals surface area contributed by atoms with Gasteiger partial charge >= 0.3 is 0 Å². The highest BCUT2D eigenvalue weighted by Crippen LogP contribution is 2.21. The second-order valence-corrected chi connectivity index (χ2v) is 4.32. The summed E-state index contributed by atoms with van der Waals surface area (Å²) in [5.41, 5.74) is 3.28. The Morgan fingerprint density at radius 2 is 1.81 bits per heavy atom. The zero-order valence-corrected chi connectivity index (χ0v) is 9.38. The Kier molecular flexibility index (Phi) is 1.93. The van der Waals surface area contributed by atoms with Crippen LogP contribution in [0.4, 0.5) is 0 Å². The topological polar surface area (TPSA) is 30.2 Å². The lowest BCUT2D eigenvalue weighted by Crippen LogP contribution is -1.91. The highest BCUT2D eigenvalue weighted by Gasteiger charge is 2.10. The van der Waals surface area contributed by atoms with Crippen LogP contribution < -0.4 is 0 Å². The van der Waals surface area contributed by atoms with Gasteiger partial charge in [0.15, 0.2) is 0 Å². The third-order valence-electron chi connectivity index (χ3n) is 2.87. The van der Waals surface area contributed by atoms with E-state index in [0.717, 1.165) is 16.7 Å². The molecule has 16 heavy (non-hydrogen) atoms. The quantitative estimate of drug-likeness (QED) is 0.619. The van der Waals surface area contributed by atoms with Crippen LogP contribution in [0, 0.1) is 0 Å². The van der Waals surface area contributed by atoms with Gasteiger partial charge in [0.1, 0.15) is 0 Å². The van der Waals surface area contributed by atoms with Crippen LogP contribution in [0.2, 0.25) is 0 Å². The molecule has 3 rings (SSSR count). The number of fused-ring (bicyclic) bond motifs is 3. The number of hydrogen-bond acceptors (Lipinski definition) is 2. The molecule has 0 aliphatic carbocycles. The molecule has 0 bridgehead atoms. The third kappa shape index (κ3) is 1.21. The summed E-state index contributed by atoms with van der Waals surface area (Å²) >= 11 is 0. The van der Waals surface area contributed by atoms with Gasteiger partial charge in [-0.3, -0.25) is 0 Å². The number of nitrogens with zero attached hydrogens (tertiary/aromatic N) is 3. The first kappa shape index (κ1) is 9.33. The van der Waals surface area contributed by atoms with E-state index in [2.05, 4.69) is 48.4 Å². The predicted octanol–water partition coefficient (Wildman–Crippen LogP) is 3.01. The van der Waals surface area contributed by atoms with Crippen molar-refractivity contribution in [1.82, 2.24) is 14.8 Å². The molecule has 3 aromatic rings. The van der Waals surface area contributed by atoms with Gasteiger partial charge in [-0.2, -0.15) is 0 Å². The lowest BCUT2D eigenvalue weighted by Gasteiger charge is -2.02. The Labute approximate surface area is 93.7 Å². The smallest absolute Gasteiger partial charge is 0.0930 e. The van der Waals surface area contributed by atoms with E-state index in [1.54, 1.807) is 0 Å². The molecule has 1 aromatic carbocycles. The van der Waals surface area contributed by atoms with Crippen LogP contribution >= 0.6 is 0 Å². The highest BCUT2D eigenvalue weighted by molar-refractivity contribution is 5.82. The van der Waals surface area contributed by atoms with Crippen molar-refractivity contribution in [2.75, 3.05) is 0 Å². The molecule has 80 valence electrons. The first-order valence-corrected chi connectivity index (χ1v) is 5.50. The maximum absolute atomic E-state index is 4.26. The molecule has 0 radical (unpaired) electrons. The fourth-order valence-electron chi connectivity index (χ4n) is 2.04. The molecular formula is C13H13N3. The number of pyridine rings is 1.